The van der Waals surface area contributed by atoms with E-state index in [2.05, 4.69) is 26.0 Å². The van der Waals surface area contributed by atoms with Gasteiger partial charge in [0.1, 0.15) is 11.8 Å². The number of piperidine rings is 1. The molecule has 1 aliphatic heterocycles. The number of aromatic nitrogens is 1. The minimum absolute atomic E-state index is 0.0373. The number of nitrogens with zero attached hydrogens (tertiary/aromatic N) is 3. The molecule has 1 N–H and O–H groups in total. The zero-order chi connectivity index (χ0) is 21.8. The average molecular weight is 428 g/mol. The molecule has 2 heterocycles. The van der Waals surface area contributed by atoms with Crippen molar-refractivity contribution in [2.75, 3.05) is 18.0 Å². The van der Waals surface area contributed by atoms with Crippen LogP contribution >= 0.6 is 0 Å². The summed E-state index contributed by atoms with van der Waals surface area (Å²) < 4.78 is 29.9. The zero-order valence-corrected chi connectivity index (χ0v) is 17.3. The quantitative estimate of drug-likeness (QED) is 0.765. The zero-order valence-electron chi connectivity index (χ0n) is 17.3. The van der Waals surface area contributed by atoms with Crippen LogP contribution in [0.1, 0.15) is 50.5 Å². The lowest BCUT2D eigenvalue weighted by molar-refractivity contribution is -0.126. The fourth-order valence-corrected chi connectivity index (χ4v) is 4.69. The number of benzene rings is 1. The van der Waals surface area contributed by atoms with Gasteiger partial charge < -0.3 is 15.0 Å². The third kappa shape index (κ3) is 4.87. The number of carbonyl (C=O) groups excluding carboxylic acids is 1. The smallest absolute Gasteiger partial charge is 0.387 e. The van der Waals surface area contributed by atoms with Gasteiger partial charge >= 0.3 is 6.61 Å². The first-order valence-electron chi connectivity index (χ1n) is 10.9. The Morgan fingerprint density at radius 1 is 1.19 bits per heavy atom. The van der Waals surface area contributed by atoms with Gasteiger partial charge in [-0.3, -0.25) is 9.78 Å². The van der Waals surface area contributed by atoms with Crippen LogP contribution in [0.5, 0.6) is 5.75 Å². The molecule has 0 atom stereocenters. The van der Waals surface area contributed by atoms with Crippen molar-refractivity contribution in [3.63, 3.8) is 0 Å². The van der Waals surface area contributed by atoms with Gasteiger partial charge in [-0.25, -0.2) is 0 Å². The third-order valence-corrected chi connectivity index (χ3v) is 6.29. The molecule has 1 saturated heterocycles. The summed E-state index contributed by atoms with van der Waals surface area (Å²) in [4.78, 5) is 18.9. The topological polar surface area (TPSA) is 78.2 Å². The van der Waals surface area contributed by atoms with Crippen molar-refractivity contribution in [2.24, 2.45) is 5.92 Å². The van der Waals surface area contributed by atoms with E-state index >= 15 is 0 Å². The molecule has 0 unspecified atom stereocenters. The highest BCUT2D eigenvalue weighted by atomic mass is 19.3. The SMILES string of the molecule is N#Cc1cnc2ccc(OC(F)F)cc2c1N1CCC(NC(=O)C2CCCCC2)CC1. The van der Waals surface area contributed by atoms with Crippen molar-refractivity contribution in [3.8, 4) is 11.8 Å². The van der Waals surface area contributed by atoms with E-state index in [4.69, 9.17) is 0 Å². The van der Waals surface area contributed by atoms with Gasteiger partial charge in [0.05, 0.1) is 16.8 Å². The summed E-state index contributed by atoms with van der Waals surface area (Å²) in [5.74, 6) is 0.337. The van der Waals surface area contributed by atoms with E-state index in [1.807, 2.05) is 0 Å². The Morgan fingerprint density at radius 3 is 2.61 bits per heavy atom. The highest BCUT2D eigenvalue weighted by Crippen LogP contribution is 2.34. The molecule has 6 nitrogen and oxygen atoms in total. The van der Waals surface area contributed by atoms with E-state index in [1.54, 1.807) is 6.07 Å². The standard InChI is InChI=1S/C23H26F2N4O2/c24-23(25)31-18-6-7-20-19(12-18)21(16(13-26)14-27-20)29-10-8-17(9-11-29)28-22(30)15-4-2-1-3-5-15/h6-7,12,14-15,17,23H,1-5,8-11H2,(H,28,30). The maximum atomic E-state index is 12.7. The summed E-state index contributed by atoms with van der Waals surface area (Å²) in [6.45, 7) is -1.61. The Balaban J connectivity index is 1.50. The van der Waals surface area contributed by atoms with Crippen LogP contribution in [0.4, 0.5) is 14.5 Å². The number of nitriles is 1. The first-order valence-corrected chi connectivity index (χ1v) is 10.9. The maximum absolute atomic E-state index is 12.7. The monoisotopic (exact) mass is 428 g/mol. The number of anilines is 1. The Morgan fingerprint density at radius 2 is 1.94 bits per heavy atom. The van der Waals surface area contributed by atoms with Gasteiger partial charge in [0.2, 0.25) is 5.91 Å². The number of pyridine rings is 1. The molecule has 1 saturated carbocycles. The number of fused-ring (bicyclic) bond motifs is 1. The van der Waals surface area contributed by atoms with Crippen LogP contribution in [0, 0.1) is 17.2 Å². The summed E-state index contributed by atoms with van der Waals surface area (Å²) in [7, 11) is 0. The third-order valence-electron chi connectivity index (χ3n) is 6.29. The van der Waals surface area contributed by atoms with Crippen LogP contribution in [0.15, 0.2) is 24.4 Å². The van der Waals surface area contributed by atoms with Gasteiger partial charge in [-0.2, -0.15) is 14.0 Å². The van der Waals surface area contributed by atoms with Crippen molar-refractivity contribution in [1.82, 2.24) is 10.3 Å². The Hall–Kier alpha value is -2.95. The molecule has 31 heavy (non-hydrogen) atoms. The average Bonchev–Trinajstić information content (AvgIpc) is 2.79. The Labute approximate surface area is 180 Å². The highest BCUT2D eigenvalue weighted by Gasteiger charge is 2.27. The van der Waals surface area contributed by atoms with Crippen LogP contribution in [0.2, 0.25) is 0 Å². The number of hydrogen-bond acceptors (Lipinski definition) is 5. The van der Waals surface area contributed by atoms with Gasteiger partial charge in [-0.15, -0.1) is 0 Å². The van der Waals surface area contributed by atoms with Crippen molar-refractivity contribution in [2.45, 2.75) is 57.6 Å². The summed E-state index contributed by atoms with van der Waals surface area (Å²) in [5.41, 5.74) is 1.69. The lowest BCUT2D eigenvalue weighted by Gasteiger charge is -2.35. The second kappa shape index (κ2) is 9.46. The molecule has 1 amide bonds. The number of nitrogens with one attached hydrogen (secondary N) is 1. The lowest BCUT2D eigenvalue weighted by atomic mass is 9.88. The van der Waals surface area contributed by atoms with Gasteiger partial charge in [0.15, 0.2) is 0 Å². The number of halogens is 2. The van der Waals surface area contributed by atoms with E-state index < -0.39 is 6.61 Å². The Bertz CT molecular complexity index is 977. The van der Waals surface area contributed by atoms with E-state index in [1.165, 1.54) is 24.8 Å². The van der Waals surface area contributed by atoms with Crippen LogP contribution in [0.3, 0.4) is 0 Å². The molecule has 0 spiro atoms. The fraction of sp³-hybridized carbons (Fsp3) is 0.522. The van der Waals surface area contributed by atoms with Crippen LogP contribution < -0.4 is 15.0 Å². The second-order valence-electron chi connectivity index (χ2n) is 8.29. The number of hydrogen-bond donors (Lipinski definition) is 1. The molecule has 1 aromatic heterocycles. The number of amides is 1. The molecule has 2 fully saturated rings. The van der Waals surface area contributed by atoms with E-state index in [0.29, 0.717) is 35.2 Å². The largest absolute Gasteiger partial charge is 0.435 e. The predicted octanol–water partition coefficient (Wildman–Crippen LogP) is 4.37. The van der Waals surface area contributed by atoms with E-state index in [9.17, 15) is 18.8 Å². The molecule has 4 rings (SSSR count). The summed E-state index contributed by atoms with van der Waals surface area (Å²) in [5, 5.41) is 13.4. The van der Waals surface area contributed by atoms with Gasteiger partial charge in [0, 0.05) is 36.6 Å². The van der Waals surface area contributed by atoms with E-state index in [-0.39, 0.29) is 23.6 Å². The number of ether oxygens (including phenoxy) is 1. The summed E-state index contributed by atoms with van der Waals surface area (Å²) >= 11 is 0. The molecule has 8 heteroatoms. The molecular weight excluding hydrogens is 402 g/mol. The summed E-state index contributed by atoms with van der Waals surface area (Å²) in [6, 6.07) is 6.87. The van der Waals surface area contributed by atoms with Gasteiger partial charge in [0.25, 0.3) is 0 Å². The molecule has 1 aliphatic carbocycles. The predicted molar refractivity (Wildman–Crippen MR) is 113 cm³/mol. The number of carbonyl (C=O) groups is 1. The fourth-order valence-electron chi connectivity index (χ4n) is 4.69. The molecule has 2 aromatic rings. The molecular formula is C23H26F2N4O2. The first kappa shape index (κ1) is 21.3. The van der Waals surface area contributed by atoms with Crippen LogP contribution in [-0.4, -0.2) is 36.6 Å². The van der Waals surface area contributed by atoms with Crippen molar-refractivity contribution in [3.05, 3.63) is 30.0 Å². The lowest BCUT2D eigenvalue weighted by Crippen LogP contribution is -2.46. The minimum atomic E-state index is -2.92. The molecule has 1 aromatic carbocycles. The van der Waals surface area contributed by atoms with Crippen molar-refractivity contribution >= 4 is 22.5 Å². The van der Waals surface area contributed by atoms with Gasteiger partial charge in [-0.05, 0) is 43.9 Å². The maximum Gasteiger partial charge on any atom is 0.387 e. The normalized spacial score (nSPS) is 18.2. The molecule has 0 radical (unpaired) electrons. The first-order chi connectivity index (χ1) is 15.0. The highest BCUT2D eigenvalue weighted by molar-refractivity contribution is 5.95. The molecule has 164 valence electrons. The van der Waals surface area contributed by atoms with E-state index in [0.717, 1.165) is 38.5 Å². The van der Waals surface area contributed by atoms with Crippen molar-refractivity contribution in [1.29, 1.82) is 5.26 Å². The summed E-state index contributed by atoms with van der Waals surface area (Å²) in [6.07, 6.45) is 8.46. The van der Waals surface area contributed by atoms with Crippen molar-refractivity contribution < 1.29 is 18.3 Å². The molecule has 2 aliphatic rings. The molecule has 0 bridgehead atoms. The number of alkyl halides is 2. The second-order valence-corrected chi connectivity index (χ2v) is 8.29. The van der Waals surface area contributed by atoms with Crippen LogP contribution in [0.25, 0.3) is 10.9 Å². The number of rotatable bonds is 5. The van der Waals surface area contributed by atoms with Crippen LogP contribution in [-0.2, 0) is 4.79 Å². The van der Waals surface area contributed by atoms with Gasteiger partial charge in [-0.1, -0.05) is 19.3 Å². The Kier molecular flexibility index (Phi) is 6.50. The minimum Gasteiger partial charge on any atom is -0.435 e.